The highest BCUT2D eigenvalue weighted by Gasteiger charge is 2.32. The highest BCUT2D eigenvalue weighted by Crippen LogP contribution is 2.36. The van der Waals surface area contributed by atoms with Gasteiger partial charge in [0.15, 0.2) is 6.79 Å². The van der Waals surface area contributed by atoms with E-state index in [-0.39, 0.29) is 42.0 Å². The van der Waals surface area contributed by atoms with Crippen molar-refractivity contribution >= 4 is 5.91 Å². The molecule has 2 heterocycles. The molecule has 10 heteroatoms. The van der Waals surface area contributed by atoms with Gasteiger partial charge in [0.2, 0.25) is 5.91 Å². The predicted molar refractivity (Wildman–Crippen MR) is 97.2 cm³/mol. The monoisotopic (exact) mass is 411 g/mol. The zero-order chi connectivity index (χ0) is 21.2. The number of ether oxygens (including phenoxy) is 2. The summed E-state index contributed by atoms with van der Waals surface area (Å²) in [5, 5.41) is 0. The van der Waals surface area contributed by atoms with Gasteiger partial charge in [0.25, 0.3) is 5.56 Å². The fourth-order valence-corrected chi connectivity index (χ4v) is 3.29. The molecule has 156 valence electrons. The predicted octanol–water partition coefficient (Wildman–Crippen LogP) is 2.39. The number of aromatic nitrogens is 2. The smallest absolute Gasteiger partial charge is 0.416 e. The Morgan fingerprint density at radius 1 is 1.24 bits per heavy atom. The maximum absolute atomic E-state index is 13.1. The Balaban J connectivity index is 1.97. The Morgan fingerprint density at radius 3 is 2.62 bits per heavy atom. The maximum Gasteiger partial charge on any atom is 0.416 e. The summed E-state index contributed by atoms with van der Waals surface area (Å²) in [5.41, 5.74) is -1.04. The van der Waals surface area contributed by atoms with Gasteiger partial charge in [-0.05, 0) is 18.2 Å². The van der Waals surface area contributed by atoms with Gasteiger partial charge in [-0.15, -0.1) is 0 Å². The molecule has 1 amide bonds. The van der Waals surface area contributed by atoms with E-state index in [1.54, 1.807) is 11.9 Å². The summed E-state index contributed by atoms with van der Waals surface area (Å²) in [6, 6.07) is 2.90. The minimum absolute atomic E-state index is 0.00477. The van der Waals surface area contributed by atoms with Crippen molar-refractivity contribution in [1.29, 1.82) is 0 Å². The summed E-state index contributed by atoms with van der Waals surface area (Å²) < 4.78 is 50.6. The molecule has 1 aromatic heterocycles. The van der Waals surface area contributed by atoms with Gasteiger partial charge < -0.3 is 14.4 Å². The number of amides is 1. The van der Waals surface area contributed by atoms with Crippen LogP contribution in [0.15, 0.2) is 35.5 Å². The fourth-order valence-electron chi connectivity index (χ4n) is 3.29. The highest BCUT2D eigenvalue weighted by atomic mass is 19.4. The molecule has 1 atom stereocenters. The zero-order valence-electron chi connectivity index (χ0n) is 15.9. The molecule has 0 spiro atoms. The molecule has 29 heavy (non-hydrogen) atoms. The second-order valence-electron chi connectivity index (χ2n) is 6.87. The van der Waals surface area contributed by atoms with E-state index in [9.17, 15) is 22.8 Å². The van der Waals surface area contributed by atoms with Crippen molar-refractivity contribution in [3.05, 3.63) is 46.6 Å². The lowest BCUT2D eigenvalue weighted by atomic mass is 10.0. The lowest BCUT2D eigenvalue weighted by Crippen LogP contribution is -2.27. The molecule has 2 aromatic rings. The molecule has 3 rings (SSSR count). The van der Waals surface area contributed by atoms with E-state index in [4.69, 9.17) is 9.47 Å². The summed E-state index contributed by atoms with van der Waals surface area (Å²) in [6.07, 6.45) is -1.59. The summed E-state index contributed by atoms with van der Waals surface area (Å²) in [5.74, 6) is -0.168. The molecule has 1 aliphatic rings. The van der Waals surface area contributed by atoms with Gasteiger partial charge in [0.1, 0.15) is 5.75 Å². The van der Waals surface area contributed by atoms with Gasteiger partial charge in [-0.3, -0.25) is 14.2 Å². The van der Waals surface area contributed by atoms with Crippen molar-refractivity contribution < 1.29 is 27.4 Å². The number of benzene rings is 1. The molecule has 1 unspecified atom stereocenters. The lowest BCUT2D eigenvalue weighted by Gasteiger charge is -2.16. The molecule has 0 radical (unpaired) electrons. The van der Waals surface area contributed by atoms with E-state index < -0.39 is 17.3 Å². The average Bonchev–Trinajstić information content (AvgIpc) is 2.98. The number of likely N-dealkylation sites (tertiary alicyclic amines) is 1. The van der Waals surface area contributed by atoms with Crippen LogP contribution < -0.4 is 10.3 Å². The zero-order valence-corrected chi connectivity index (χ0v) is 15.9. The van der Waals surface area contributed by atoms with Gasteiger partial charge in [-0.1, -0.05) is 0 Å². The average molecular weight is 411 g/mol. The largest absolute Gasteiger partial charge is 0.467 e. The number of alkyl halides is 3. The second-order valence-corrected chi connectivity index (χ2v) is 6.87. The Labute approximate surface area is 164 Å². The Bertz CT molecular complexity index is 958. The first kappa shape index (κ1) is 20.8. The van der Waals surface area contributed by atoms with E-state index in [0.29, 0.717) is 13.0 Å². The molecule has 0 bridgehead atoms. The number of nitrogens with zero attached hydrogens (tertiary/aromatic N) is 3. The Hall–Kier alpha value is -2.88. The van der Waals surface area contributed by atoms with E-state index in [1.807, 2.05) is 0 Å². The minimum Gasteiger partial charge on any atom is -0.467 e. The van der Waals surface area contributed by atoms with Crippen molar-refractivity contribution in [2.75, 3.05) is 27.5 Å². The second kappa shape index (κ2) is 8.24. The normalized spacial score (nSPS) is 17.1. The van der Waals surface area contributed by atoms with Gasteiger partial charge in [0, 0.05) is 51.3 Å². The van der Waals surface area contributed by atoms with Gasteiger partial charge in [-0.25, -0.2) is 4.98 Å². The number of hydrogen-bond donors (Lipinski definition) is 0. The third-order valence-electron chi connectivity index (χ3n) is 4.71. The summed E-state index contributed by atoms with van der Waals surface area (Å²) in [6.45, 7) is 0.530. The quantitative estimate of drug-likeness (QED) is 0.683. The van der Waals surface area contributed by atoms with E-state index in [2.05, 4.69) is 4.98 Å². The van der Waals surface area contributed by atoms with E-state index >= 15 is 0 Å². The Kier molecular flexibility index (Phi) is 5.92. The summed E-state index contributed by atoms with van der Waals surface area (Å²) >= 11 is 0. The SMILES string of the molecule is COCOc1cc(C(F)(F)F)ccc1-c1cncn(CC2CC(=O)N(C)C2)c1=O. The lowest BCUT2D eigenvalue weighted by molar-refractivity contribution is -0.137. The first-order chi connectivity index (χ1) is 13.7. The topological polar surface area (TPSA) is 73.7 Å². The van der Waals surface area contributed by atoms with Crippen LogP contribution in [-0.2, 0) is 22.3 Å². The molecule has 1 fully saturated rings. The number of rotatable bonds is 6. The number of carbonyl (C=O) groups excluding carboxylic acids is 1. The highest BCUT2D eigenvalue weighted by molar-refractivity contribution is 5.78. The molecule has 7 nitrogen and oxygen atoms in total. The summed E-state index contributed by atoms with van der Waals surface area (Å²) in [7, 11) is 3.03. The molecule has 1 aliphatic heterocycles. The standard InChI is InChI=1S/C19H20F3N3O4/c1-24-8-12(5-17(24)26)9-25-10-23-7-15(18(25)27)14-4-3-13(19(20,21)22)6-16(14)29-11-28-2/h3-4,6-7,10,12H,5,8-9,11H2,1-2H3. The number of methoxy groups -OCH3 is 1. The van der Waals surface area contributed by atoms with Crippen LogP contribution in [0.3, 0.4) is 0 Å². The fraction of sp³-hybridized carbons (Fsp3) is 0.421. The molecular weight excluding hydrogens is 391 g/mol. The van der Waals surface area contributed by atoms with E-state index in [1.165, 1.54) is 30.3 Å². The van der Waals surface area contributed by atoms with Gasteiger partial charge in [0.05, 0.1) is 17.5 Å². The van der Waals surface area contributed by atoms with Crippen molar-refractivity contribution in [2.45, 2.75) is 19.1 Å². The van der Waals surface area contributed by atoms with Crippen molar-refractivity contribution in [1.82, 2.24) is 14.5 Å². The minimum atomic E-state index is -4.56. The van der Waals surface area contributed by atoms with Gasteiger partial charge >= 0.3 is 6.18 Å². The molecule has 1 saturated heterocycles. The molecule has 1 aromatic carbocycles. The summed E-state index contributed by atoms with van der Waals surface area (Å²) in [4.78, 5) is 30.3. The number of halogens is 3. The van der Waals surface area contributed by atoms with Crippen LogP contribution in [0.25, 0.3) is 11.1 Å². The van der Waals surface area contributed by atoms with Crippen molar-refractivity contribution in [3.8, 4) is 16.9 Å². The van der Waals surface area contributed by atoms with Crippen LogP contribution in [0.5, 0.6) is 5.75 Å². The molecular formula is C19H20F3N3O4. The Morgan fingerprint density at radius 2 is 2.00 bits per heavy atom. The molecule has 0 saturated carbocycles. The molecule has 0 aliphatic carbocycles. The third-order valence-corrected chi connectivity index (χ3v) is 4.71. The number of hydrogen-bond acceptors (Lipinski definition) is 5. The number of carbonyl (C=O) groups is 1. The van der Waals surface area contributed by atoms with Crippen LogP contribution >= 0.6 is 0 Å². The third kappa shape index (κ3) is 4.58. The molecule has 0 N–H and O–H groups in total. The first-order valence-electron chi connectivity index (χ1n) is 8.82. The van der Waals surface area contributed by atoms with Crippen LogP contribution in [0.2, 0.25) is 0 Å². The van der Waals surface area contributed by atoms with E-state index in [0.717, 1.165) is 12.1 Å². The van der Waals surface area contributed by atoms with Crippen LogP contribution in [0, 0.1) is 5.92 Å². The maximum atomic E-state index is 13.1. The van der Waals surface area contributed by atoms with Crippen molar-refractivity contribution in [2.24, 2.45) is 5.92 Å². The van der Waals surface area contributed by atoms with Crippen LogP contribution in [0.4, 0.5) is 13.2 Å². The first-order valence-corrected chi connectivity index (χ1v) is 8.82. The van der Waals surface area contributed by atoms with Gasteiger partial charge in [-0.2, -0.15) is 13.2 Å². The van der Waals surface area contributed by atoms with Crippen molar-refractivity contribution in [3.63, 3.8) is 0 Å². The van der Waals surface area contributed by atoms with Crippen LogP contribution in [-0.4, -0.2) is 47.9 Å². The van der Waals surface area contributed by atoms with Crippen LogP contribution in [0.1, 0.15) is 12.0 Å².